The number of rotatable bonds is 7. The maximum atomic E-state index is 12.9. The molecule has 38 heavy (non-hydrogen) atoms. The lowest BCUT2D eigenvalue weighted by molar-refractivity contribution is -0.384. The topological polar surface area (TPSA) is 119 Å². The number of carbonyl (C=O) groups excluding carboxylic acids is 1. The molecule has 204 valence electrons. The zero-order valence-electron chi connectivity index (χ0n) is 21.6. The van der Waals surface area contributed by atoms with Crippen LogP contribution in [0.15, 0.2) is 30.3 Å². The van der Waals surface area contributed by atoms with Gasteiger partial charge in [-0.2, -0.15) is 0 Å². The van der Waals surface area contributed by atoms with E-state index in [1.54, 1.807) is 24.3 Å². The average molecular weight is 546 g/mol. The number of ether oxygens (including phenoxy) is 4. The highest BCUT2D eigenvalue weighted by Gasteiger charge is 2.26. The van der Waals surface area contributed by atoms with Crippen LogP contribution in [0.2, 0.25) is 0 Å². The van der Waals surface area contributed by atoms with Crippen LogP contribution in [0.1, 0.15) is 10.4 Å². The molecule has 0 unspecified atom stereocenters. The Bertz CT molecular complexity index is 1170. The molecule has 2 heterocycles. The van der Waals surface area contributed by atoms with Gasteiger partial charge in [0.2, 0.25) is 5.75 Å². The fourth-order valence-electron chi connectivity index (χ4n) is 4.55. The van der Waals surface area contributed by atoms with E-state index in [2.05, 4.69) is 10.2 Å². The van der Waals surface area contributed by atoms with E-state index in [0.717, 1.165) is 5.69 Å². The van der Waals surface area contributed by atoms with E-state index in [0.29, 0.717) is 86.1 Å². The Kier molecular flexibility index (Phi) is 8.69. The molecule has 1 amide bonds. The predicted octanol–water partition coefficient (Wildman–Crippen LogP) is 2.29. The van der Waals surface area contributed by atoms with Gasteiger partial charge in [-0.1, -0.05) is 0 Å². The first-order valence-corrected chi connectivity index (χ1v) is 12.5. The number of piperazine rings is 1. The van der Waals surface area contributed by atoms with Gasteiger partial charge in [-0.05, 0) is 36.5 Å². The van der Waals surface area contributed by atoms with Crippen molar-refractivity contribution < 1.29 is 28.7 Å². The Balaban J connectivity index is 1.40. The third-order valence-electron chi connectivity index (χ3n) is 6.59. The monoisotopic (exact) mass is 545 g/mol. The van der Waals surface area contributed by atoms with Gasteiger partial charge in [-0.3, -0.25) is 20.2 Å². The van der Waals surface area contributed by atoms with Crippen LogP contribution in [-0.2, 0) is 4.74 Å². The van der Waals surface area contributed by atoms with Crippen LogP contribution in [0.5, 0.6) is 17.2 Å². The Morgan fingerprint density at radius 2 is 1.58 bits per heavy atom. The van der Waals surface area contributed by atoms with E-state index in [1.165, 1.54) is 21.3 Å². The summed E-state index contributed by atoms with van der Waals surface area (Å²) in [5.41, 5.74) is 1.92. The molecule has 2 aromatic rings. The maximum absolute atomic E-state index is 12.9. The molecule has 2 aliphatic rings. The second kappa shape index (κ2) is 12.1. The summed E-state index contributed by atoms with van der Waals surface area (Å²) in [6.45, 7) is 4.74. The van der Waals surface area contributed by atoms with Crippen molar-refractivity contribution in [3.8, 4) is 17.2 Å². The van der Waals surface area contributed by atoms with Gasteiger partial charge in [-0.25, -0.2) is 0 Å². The van der Waals surface area contributed by atoms with E-state index < -0.39 is 0 Å². The minimum absolute atomic E-state index is 0.0879. The molecule has 0 saturated carbocycles. The second-order valence-electron chi connectivity index (χ2n) is 8.68. The summed E-state index contributed by atoms with van der Waals surface area (Å²) >= 11 is 5.52. The van der Waals surface area contributed by atoms with Gasteiger partial charge in [0.05, 0.1) is 39.5 Å². The fraction of sp³-hybridized carbons (Fsp3) is 0.440. The lowest BCUT2D eigenvalue weighted by Crippen LogP contribution is -2.52. The molecule has 0 bridgehead atoms. The molecule has 2 saturated heterocycles. The highest BCUT2D eigenvalue weighted by molar-refractivity contribution is 7.80. The van der Waals surface area contributed by atoms with Crippen molar-refractivity contribution in [1.29, 1.82) is 0 Å². The van der Waals surface area contributed by atoms with Crippen LogP contribution in [0.4, 0.5) is 17.1 Å². The Hall–Kier alpha value is -3.84. The van der Waals surface area contributed by atoms with Crippen LogP contribution < -0.4 is 29.3 Å². The number of nitro groups is 1. The first-order chi connectivity index (χ1) is 18.4. The van der Waals surface area contributed by atoms with Gasteiger partial charge in [-0.15, -0.1) is 0 Å². The molecular weight excluding hydrogens is 514 g/mol. The lowest BCUT2D eigenvalue weighted by Gasteiger charge is -2.37. The number of nitrogens with zero attached hydrogens (tertiary/aromatic N) is 4. The van der Waals surface area contributed by atoms with Crippen molar-refractivity contribution >= 4 is 40.3 Å². The molecule has 2 aliphatic heterocycles. The zero-order chi connectivity index (χ0) is 27.2. The summed E-state index contributed by atoms with van der Waals surface area (Å²) in [4.78, 5) is 30.3. The third-order valence-corrected chi connectivity index (χ3v) is 6.95. The molecule has 2 fully saturated rings. The number of morpholine rings is 1. The summed E-state index contributed by atoms with van der Waals surface area (Å²) in [6.07, 6.45) is 0. The van der Waals surface area contributed by atoms with E-state index in [9.17, 15) is 14.9 Å². The first-order valence-electron chi connectivity index (χ1n) is 12.1. The first kappa shape index (κ1) is 27.2. The molecule has 0 aliphatic carbocycles. The largest absolute Gasteiger partial charge is 0.493 e. The number of nitro benzene ring substituents is 1. The van der Waals surface area contributed by atoms with Gasteiger partial charge in [0.1, 0.15) is 5.69 Å². The molecule has 0 aromatic heterocycles. The average Bonchev–Trinajstić information content (AvgIpc) is 2.96. The van der Waals surface area contributed by atoms with Crippen molar-refractivity contribution in [2.45, 2.75) is 0 Å². The SMILES string of the molecule is COc1cc(C(=O)NC(=S)N2CCN(c3ccc([N+](=O)[O-])c(N4CCOCC4)c3)CC2)cc(OC)c1OC. The maximum Gasteiger partial charge on any atom is 0.292 e. The summed E-state index contributed by atoms with van der Waals surface area (Å²) in [5.74, 6) is 0.752. The van der Waals surface area contributed by atoms with Gasteiger partial charge in [0, 0.05) is 56.6 Å². The van der Waals surface area contributed by atoms with Crippen molar-refractivity contribution in [2.75, 3.05) is 83.6 Å². The molecule has 2 aromatic carbocycles. The van der Waals surface area contributed by atoms with Crippen molar-refractivity contribution in [3.05, 3.63) is 46.0 Å². The van der Waals surface area contributed by atoms with E-state index >= 15 is 0 Å². The fourth-order valence-corrected chi connectivity index (χ4v) is 4.82. The number of carbonyl (C=O) groups is 1. The molecule has 0 spiro atoms. The van der Waals surface area contributed by atoms with E-state index in [1.807, 2.05) is 15.9 Å². The van der Waals surface area contributed by atoms with Gasteiger partial charge in [0.25, 0.3) is 11.6 Å². The van der Waals surface area contributed by atoms with Gasteiger partial charge >= 0.3 is 0 Å². The van der Waals surface area contributed by atoms with Crippen LogP contribution >= 0.6 is 12.2 Å². The molecule has 4 rings (SSSR count). The predicted molar refractivity (Wildman–Crippen MR) is 146 cm³/mol. The highest BCUT2D eigenvalue weighted by atomic mass is 32.1. The second-order valence-corrected chi connectivity index (χ2v) is 9.06. The molecule has 13 heteroatoms. The summed E-state index contributed by atoms with van der Waals surface area (Å²) in [5, 5.41) is 14.7. The Morgan fingerprint density at radius 3 is 2.13 bits per heavy atom. The molecule has 1 N–H and O–H groups in total. The summed E-state index contributed by atoms with van der Waals surface area (Å²) in [7, 11) is 4.46. The molecule has 0 atom stereocenters. The Labute approximate surface area is 226 Å². The van der Waals surface area contributed by atoms with Crippen LogP contribution in [0.3, 0.4) is 0 Å². The quantitative estimate of drug-likeness (QED) is 0.314. The Morgan fingerprint density at radius 1 is 0.947 bits per heavy atom. The van der Waals surface area contributed by atoms with Crippen molar-refractivity contribution in [2.24, 2.45) is 0 Å². The standard InChI is InChI=1S/C25H31N5O7S/c1-34-21-14-17(15-22(35-2)23(21)36-3)24(31)26-25(38)29-8-6-27(7-9-29)18-4-5-19(30(32)33)20(16-18)28-10-12-37-13-11-28/h4-5,14-16H,6-13H2,1-3H3,(H,26,31,38). The number of anilines is 2. The summed E-state index contributed by atoms with van der Waals surface area (Å²) in [6, 6.07) is 8.36. The number of amides is 1. The molecule has 0 radical (unpaired) electrons. The molecular formula is C25H31N5O7S. The number of nitrogens with one attached hydrogen (secondary N) is 1. The van der Waals surface area contributed by atoms with Crippen LogP contribution in [0.25, 0.3) is 0 Å². The number of hydrogen-bond acceptors (Lipinski definition) is 10. The number of benzene rings is 2. The minimum Gasteiger partial charge on any atom is -0.493 e. The van der Waals surface area contributed by atoms with Gasteiger partial charge < -0.3 is 33.6 Å². The number of hydrogen-bond donors (Lipinski definition) is 1. The highest BCUT2D eigenvalue weighted by Crippen LogP contribution is 2.38. The van der Waals surface area contributed by atoms with E-state index in [-0.39, 0.29) is 16.5 Å². The van der Waals surface area contributed by atoms with Gasteiger partial charge in [0.15, 0.2) is 16.6 Å². The van der Waals surface area contributed by atoms with Crippen molar-refractivity contribution in [1.82, 2.24) is 10.2 Å². The smallest absolute Gasteiger partial charge is 0.292 e. The third kappa shape index (κ3) is 5.83. The van der Waals surface area contributed by atoms with Crippen LogP contribution in [0, 0.1) is 10.1 Å². The normalized spacial score (nSPS) is 15.6. The zero-order valence-corrected chi connectivity index (χ0v) is 22.4. The summed E-state index contributed by atoms with van der Waals surface area (Å²) < 4.78 is 21.4. The van der Waals surface area contributed by atoms with E-state index in [4.69, 9.17) is 31.2 Å². The van der Waals surface area contributed by atoms with Crippen LogP contribution in [-0.4, -0.2) is 94.7 Å². The minimum atomic E-state index is -0.387. The lowest BCUT2D eigenvalue weighted by atomic mass is 10.1. The van der Waals surface area contributed by atoms with Crippen molar-refractivity contribution in [3.63, 3.8) is 0 Å². The number of thiocarbonyl (C=S) groups is 1. The number of methoxy groups -OCH3 is 3. The molecule has 12 nitrogen and oxygen atoms in total.